The number of fused-ring (bicyclic) bond motifs is 10. The molecule has 0 radical (unpaired) electrons. The number of hydrogen-bond donors (Lipinski definition) is 1. The third-order valence-electron chi connectivity index (χ3n) is 14.4. The summed E-state index contributed by atoms with van der Waals surface area (Å²) >= 11 is 0. The maximum atomic E-state index is 14.8. The van der Waals surface area contributed by atoms with Crippen molar-refractivity contribution in [3.05, 3.63) is 47.2 Å². The van der Waals surface area contributed by atoms with Crippen molar-refractivity contribution >= 4 is 22.7 Å². The minimum atomic E-state index is -0.485. The molecular weight excluding hydrogens is 506 g/mol. The van der Waals surface area contributed by atoms with Crippen LogP contribution in [0.1, 0.15) is 105 Å². The lowest BCUT2D eigenvalue weighted by atomic mass is 9.33. The van der Waals surface area contributed by atoms with Gasteiger partial charge >= 0.3 is 5.97 Å². The number of carbonyl (C=O) groups excluding carboxylic acids is 2. The largest absolute Gasteiger partial charge is 0.469 e. The number of H-pyrrole nitrogens is 1. The lowest BCUT2D eigenvalue weighted by Gasteiger charge is -2.70. The molecule has 0 bridgehead atoms. The van der Waals surface area contributed by atoms with Gasteiger partial charge in [-0.05, 0) is 109 Å². The molecule has 5 aliphatic carbocycles. The lowest BCUT2D eigenvalue weighted by Crippen LogP contribution is -2.66. The Hall–Kier alpha value is -2.36. The van der Waals surface area contributed by atoms with E-state index in [4.69, 9.17) is 4.74 Å². The van der Waals surface area contributed by atoms with E-state index in [9.17, 15) is 9.59 Å². The maximum absolute atomic E-state index is 14.8. The van der Waals surface area contributed by atoms with Crippen LogP contribution in [-0.4, -0.2) is 23.8 Å². The molecular formula is C37H49NO3. The number of carbonyl (C=O) groups is 2. The van der Waals surface area contributed by atoms with E-state index >= 15 is 0 Å². The number of aromatic amines is 1. The van der Waals surface area contributed by atoms with Crippen LogP contribution in [0.3, 0.4) is 0 Å². The van der Waals surface area contributed by atoms with E-state index < -0.39 is 5.41 Å². The van der Waals surface area contributed by atoms with Crippen LogP contribution in [0.15, 0.2) is 35.9 Å². The van der Waals surface area contributed by atoms with Crippen molar-refractivity contribution < 1.29 is 14.3 Å². The number of ketones is 1. The Bertz CT molecular complexity index is 1510. The molecule has 0 unspecified atom stereocenters. The van der Waals surface area contributed by atoms with Gasteiger partial charge in [0.1, 0.15) is 0 Å². The first-order chi connectivity index (χ1) is 19.1. The molecule has 0 spiro atoms. The molecule has 0 amide bonds. The SMILES string of the molecule is COC(=O)[C@]1(C)CC[C@]2(C)CC[C@]3(C)C(=CC(=O)[C@@H]4[C@]5(C)Cc6c([nH]c7ccccc67)C(C)(C)[C@@H]5CC[C@]43C)[C@@H]2C1. The highest BCUT2D eigenvalue weighted by atomic mass is 16.5. The molecule has 4 nitrogen and oxygen atoms in total. The van der Waals surface area contributed by atoms with Crippen molar-refractivity contribution in [3.8, 4) is 0 Å². The Morgan fingerprint density at radius 1 is 0.951 bits per heavy atom. The molecule has 2 aromatic rings. The minimum absolute atomic E-state index is 0.0106. The summed E-state index contributed by atoms with van der Waals surface area (Å²) in [5, 5.41) is 1.32. The van der Waals surface area contributed by atoms with Crippen LogP contribution in [0.4, 0.5) is 0 Å². The Morgan fingerprint density at radius 3 is 2.39 bits per heavy atom. The first-order valence-corrected chi connectivity index (χ1v) is 16.1. The van der Waals surface area contributed by atoms with Gasteiger partial charge in [0.05, 0.1) is 12.5 Å². The number of hydrogen-bond acceptors (Lipinski definition) is 3. The fraction of sp³-hybridized carbons (Fsp3) is 0.676. The van der Waals surface area contributed by atoms with E-state index in [1.54, 1.807) is 0 Å². The van der Waals surface area contributed by atoms with Crippen molar-refractivity contribution in [1.82, 2.24) is 4.98 Å². The van der Waals surface area contributed by atoms with Gasteiger partial charge in [-0.3, -0.25) is 9.59 Å². The molecule has 0 saturated heterocycles. The zero-order chi connectivity index (χ0) is 29.4. The highest BCUT2D eigenvalue weighted by Gasteiger charge is 2.70. The van der Waals surface area contributed by atoms with Crippen LogP contribution in [0.25, 0.3) is 10.9 Å². The maximum Gasteiger partial charge on any atom is 0.311 e. The Labute approximate surface area is 246 Å². The number of nitrogens with one attached hydrogen (secondary N) is 1. The molecule has 1 N–H and O–H groups in total. The standard InChI is InChI=1S/C37H49NO3/c1-32(2)28-13-14-37(7)29(35(28,5)20-23-22-11-9-10-12-26(22)38-30(23)32)27(39)19-24-25-21-34(4,31(40)41-8)16-15-33(25,3)17-18-36(24,37)6/h9-12,19,25,28-29,38H,13-18,20-21H2,1-8H3/t25-,28-,29+,33+,34+,35+,36+,37+/m0/s1. The number of allylic oxidation sites excluding steroid dienone is 2. The third-order valence-corrected chi connectivity index (χ3v) is 14.4. The molecule has 4 heteroatoms. The fourth-order valence-electron chi connectivity index (χ4n) is 11.9. The van der Waals surface area contributed by atoms with Gasteiger partial charge in [0.15, 0.2) is 5.78 Å². The molecule has 1 heterocycles. The first kappa shape index (κ1) is 27.5. The monoisotopic (exact) mass is 555 g/mol. The number of esters is 1. The number of benzene rings is 1. The molecule has 5 aliphatic rings. The molecule has 3 fully saturated rings. The van der Waals surface area contributed by atoms with Crippen molar-refractivity contribution in [3.63, 3.8) is 0 Å². The lowest BCUT2D eigenvalue weighted by molar-refractivity contribution is -0.174. The third kappa shape index (κ3) is 3.23. The van der Waals surface area contributed by atoms with E-state index in [0.29, 0.717) is 11.7 Å². The van der Waals surface area contributed by atoms with Gasteiger partial charge in [-0.15, -0.1) is 0 Å². The fourth-order valence-corrected chi connectivity index (χ4v) is 11.9. The molecule has 220 valence electrons. The van der Waals surface area contributed by atoms with Crippen LogP contribution in [-0.2, 0) is 26.2 Å². The molecule has 3 saturated carbocycles. The Kier molecular flexibility index (Phi) is 5.47. The summed E-state index contributed by atoms with van der Waals surface area (Å²) in [6.45, 7) is 16.8. The molecule has 7 rings (SSSR count). The number of para-hydroxylation sites is 1. The van der Waals surface area contributed by atoms with E-state index in [-0.39, 0.29) is 44.9 Å². The number of ether oxygens (including phenoxy) is 1. The van der Waals surface area contributed by atoms with Crippen molar-refractivity contribution in [2.45, 2.75) is 105 Å². The predicted octanol–water partition coefficient (Wildman–Crippen LogP) is 8.34. The van der Waals surface area contributed by atoms with Gasteiger partial charge in [-0.1, -0.05) is 65.3 Å². The summed E-state index contributed by atoms with van der Waals surface area (Å²) in [4.78, 5) is 31.6. The second-order valence-electron chi connectivity index (χ2n) is 16.7. The van der Waals surface area contributed by atoms with E-state index in [0.717, 1.165) is 51.4 Å². The quantitative estimate of drug-likeness (QED) is 0.360. The summed E-state index contributed by atoms with van der Waals surface area (Å²) < 4.78 is 5.31. The molecule has 1 aromatic heterocycles. The van der Waals surface area contributed by atoms with Crippen molar-refractivity contribution in [2.24, 2.45) is 44.8 Å². The smallest absolute Gasteiger partial charge is 0.311 e. The van der Waals surface area contributed by atoms with Crippen molar-refractivity contribution in [1.29, 1.82) is 0 Å². The minimum Gasteiger partial charge on any atom is -0.469 e. The van der Waals surface area contributed by atoms with Crippen LogP contribution in [0.2, 0.25) is 0 Å². The number of aromatic nitrogens is 1. The van der Waals surface area contributed by atoms with Gasteiger partial charge in [0.2, 0.25) is 0 Å². The predicted molar refractivity (Wildman–Crippen MR) is 163 cm³/mol. The highest BCUT2D eigenvalue weighted by Crippen LogP contribution is 2.75. The van der Waals surface area contributed by atoms with E-state index in [1.807, 2.05) is 0 Å². The highest BCUT2D eigenvalue weighted by molar-refractivity contribution is 5.96. The summed E-state index contributed by atoms with van der Waals surface area (Å²) in [7, 11) is 1.52. The van der Waals surface area contributed by atoms with Crippen LogP contribution in [0.5, 0.6) is 0 Å². The van der Waals surface area contributed by atoms with Gasteiger partial charge in [0, 0.05) is 27.9 Å². The van der Waals surface area contributed by atoms with E-state index in [2.05, 4.69) is 83.8 Å². The van der Waals surface area contributed by atoms with Gasteiger partial charge < -0.3 is 9.72 Å². The van der Waals surface area contributed by atoms with E-state index in [1.165, 1.54) is 34.8 Å². The summed E-state index contributed by atoms with van der Waals surface area (Å²) in [5.74, 6) is 0.923. The average molecular weight is 556 g/mol. The topological polar surface area (TPSA) is 59.2 Å². The normalized spacial score (nSPS) is 44.5. The second kappa shape index (κ2) is 8.17. The van der Waals surface area contributed by atoms with Gasteiger partial charge in [0.25, 0.3) is 0 Å². The molecule has 0 aliphatic heterocycles. The number of methoxy groups -OCH3 is 1. The first-order valence-electron chi connectivity index (χ1n) is 16.1. The van der Waals surface area contributed by atoms with Gasteiger partial charge in [-0.25, -0.2) is 0 Å². The van der Waals surface area contributed by atoms with Crippen LogP contribution >= 0.6 is 0 Å². The Morgan fingerprint density at radius 2 is 1.66 bits per heavy atom. The summed E-state index contributed by atoms with van der Waals surface area (Å²) in [6, 6.07) is 8.73. The average Bonchev–Trinajstić information content (AvgIpc) is 3.29. The molecule has 8 atom stereocenters. The zero-order valence-electron chi connectivity index (χ0n) is 26.5. The zero-order valence-corrected chi connectivity index (χ0v) is 26.5. The molecule has 41 heavy (non-hydrogen) atoms. The van der Waals surface area contributed by atoms with Crippen LogP contribution in [0, 0.1) is 44.8 Å². The summed E-state index contributed by atoms with van der Waals surface area (Å²) in [5.41, 5.74) is 4.72. The second-order valence-corrected chi connectivity index (χ2v) is 16.7. The molecule has 1 aromatic carbocycles. The van der Waals surface area contributed by atoms with Gasteiger partial charge in [-0.2, -0.15) is 0 Å². The van der Waals surface area contributed by atoms with Crippen LogP contribution < -0.4 is 0 Å². The number of rotatable bonds is 1. The summed E-state index contributed by atoms with van der Waals surface area (Å²) in [6.07, 6.45) is 10.3. The van der Waals surface area contributed by atoms with Crippen molar-refractivity contribution in [2.75, 3.05) is 7.11 Å². The Balaban J connectivity index is 1.37.